The summed E-state index contributed by atoms with van der Waals surface area (Å²) < 4.78 is 4.09. The zero-order chi connectivity index (χ0) is 6.27. The molecular formula is C8H7Sb. The van der Waals surface area contributed by atoms with E-state index in [1.807, 2.05) is 0 Å². The first-order valence-electron chi connectivity index (χ1n) is 3.01. The molecule has 1 heteroatoms. The standard InChI is InChI=1S/C8H7.Sb/c1-3-8-6-4-5-7(8)2;/h2,4-6H,1H3;. The average molecular weight is 225 g/mol. The zero-order valence-electron chi connectivity index (χ0n) is 5.26. The summed E-state index contributed by atoms with van der Waals surface area (Å²) in [5.41, 5.74) is 3.01. The van der Waals surface area contributed by atoms with Crippen molar-refractivity contribution in [3.05, 3.63) is 32.9 Å². The molecule has 0 nitrogen and oxygen atoms in total. The van der Waals surface area contributed by atoms with Crippen molar-refractivity contribution in [3.63, 3.8) is 0 Å². The Labute approximate surface area is 65.0 Å². The van der Waals surface area contributed by atoms with Gasteiger partial charge in [0.1, 0.15) is 0 Å². The van der Waals surface area contributed by atoms with Crippen molar-refractivity contribution in [1.29, 1.82) is 0 Å². The van der Waals surface area contributed by atoms with E-state index in [2.05, 4.69) is 29.1 Å². The van der Waals surface area contributed by atoms with Gasteiger partial charge in [-0.15, -0.1) is 0 Å². The monoisotopic (exact) mass is 224 g/mol. The van der Waals surface area contributed by atoms with Gasteiger partial charge >= 0.3 is 64.9 Å². The number of allylic oxidation sites excluding steroid dienone is 6. The van der Waals surface area contributed by atoms with Crippen LogP contribution in [0.15, 0.2) is 32.9 Å². The fourth-order valence-electron chi connectivity index (χ4n) is 1.11. The van der Waals surface area contributed by atoms with E-state index >= 15 is 0 Å². The van der Waals surface area contributed by atoms with Gasteiger partial charge in [-0.05, 0) is 0 Å². The normalized spacial score (nSPS) is 21.2. The molecule has 9 heavy (non-hydrogen) atoms. The minimum absolute atomic E-state index is 0.0408. The second-order valence-electron chi connectivity index (χ2n) is 2.24. The maximum absolute atomic E-state index is 2.43. The van der Waals surface area contributed by atoms with Gasteiger partial charge < -0.3 is 0 Å². The molecule has 0 spiro atoms. The van der Waals surface area contributed by atoms with E-state index in [0.29, 0.717) is 0 Å². The Bertz CT molecular complexity index is 264. The van der Waals surface area contributed by atoms with Gasteiger partial charge in [0, 0.05) is 0 Å². The molecule has 0 saturated heterocycles. The van der Waals surface area contributed by atoms with Gasteiger partial charge in [0.2, 0.25) is 0 Å². The molecule has 0 N–H and O–H groups in total. The molecule has 44 valence electrons. The summed E-state index contributed by atoms with van der Waals surface area (Å²) in [5, 5.41) is 0. The van der Waals surface area contributed by atoms with Gasteiger partial charge in [-0.3, -0.25) is 0 Å². The topological polar surface area (TPSA) is 0 Å². The maximum atomic E-state index is 2.43. The number of fused-ring (bicyclic) bond motifs is 1. The molecule has 2 aliphatic rings. The first kappa shape index (κ1) is 5.67. The molecule has 0 radical (unpaired) electrons. The van der Waals surface area contributed by atoms with Crippen LogP contribution in [0.3, 0.4) is 0 Å². The van der Waals surface area contributed by atoms with E-state index < -0.39 is 0 Å². The summed E-state index contributed by atoms with van der Waals surface area (Å²) in [6, 6.07) is 0. The molecule has 0 aromatic rings. The Hall–Kier alpha value is -0.0918. The molecule has 0 unspecified atom stereocenters. The second-order valence-corrected chi connectivity index (χ2v) is 5.63. The van der Waals surface area contributed by atoms with E-state index in [4.69, 9.17) is 0 Å². The van der Waals surface area contributed by atoms with Crippen LogP contribution in [0.5, 0.6) is 0 Å². The predicted octanol–water partition coefficient (Wildman–Crippen LogP) is 1.28. The van der Waals surface area contributed by atoms with Crippen molar-refractivity contribution in [2.24, 2.45) is 0 Å². The SMILES string of the molecule is C[C]1=C2C=CC=C2[CH]=[Sb]1. The van der Waals surface area contributed by atoms with Crippen molar-refractivity contribution in [2.45, 2.75) is 6.92 Å². The van der Waals surface area contributed by atoms with Gasteiger partial charge in [-0.25, -0.2) is 0 Å². The molecule has 2 rings (SSSR count). The van der Waals surface area contributed by atoms with E-state index in [1.165, 1.54) is 11.1 Å². The Morgan fingerprint density at radius 1 is 1.44 bits per heavy atom. The summed E-state index contributed by atoms with van der Waals surface area (Å²) in [4.78, 5) is 0. The van der Waals surface area contributed by atoms with Crippen LogP contribution in [-0.4, -0.2) is 25.1 Å². The third-order valence-corrected chi connectivity index (χ3v) is 4.59. The molecule has 1 heterocycles. The van der Waals surface area contributed by atoms with E-state index in [-0.39, 0.29) is 21.1 Å². The molecule has 0 saturated carbocycles. The Balaban J connectivity index is 2.62. The van der Waals surface area contributed by atoms with Crippen molar-refractivity contribution < 1.29 is 0 Å². The van der Waals surface area contributed by atoms with Gasteiger partial charge in [-0.1, -0.05) is 0 Å². The van der Waals surface area contributed by atoms with E-state index in [1.54, 1.807) is 3.52 Å². The molecule has 1 aliphatic carbocycles. The van der Waals surface area contributed by atoms with Gasteiger partial charge in [-0.2, -0.15) is 0 Å². The average Bonchev–Trinajstić information content (AvgIpc) is 2.35. The molecule has 0 bridgehead atoms. The first-order valence-corrected chi connectivity index (χ1v) is 5.76. The van der Waals surface area contributed by atoms with Gasteiger partial charge in [0.15, 0.2) is 0 Å². The van der Waals surface area contributed by atoms with Crippen LogP contribution in [-0.2, 0) is 0 Å². The predicted molar refractivity (Wildman–Crippen MR) is 41.7 cm³/mol. The van der Waals surface area contributed by atoms with Crippen molar-refractivity contribution in [2.75, 3.05) is 0 Å². The zero-order valence-corrected chi connectivity index (χ0v) is 7.81. The fourth-order valence-corrected chi connectivity index (χ4v) is 3.68. The van der Waals surface area contributed by atoms with Crippen LogP contribution in [0.2, 0.25) is 0 Å². The van der Waals surface area contributed by atoms with Crippen LogP contribution < -0.4 is 0 Å². The summed E-state index contributed by atoms with van der Waals surface area (Å²) in [6.45, 7) is 2.26. The Morgan fingerprint density at radius 3 is 3.11 bits per heavy atom. The number of hydrogen-bond donors (Lipinski definition) is 0. The third kappa shape index (κ3) is 0.772. The minimum atomic E-state index is -0.0408. The summed E-state index contributed by atoms with van der Waals surface area (Å²) in [7, 11) is 0. The number of hydrogen-bond acceptors (Lipinski definition) is 0. The van der Waals surface area contributed by atoms with Gasteiger partial charge in [0.05, 0.1) is 0 Å². The van der Waals surface area contributed by atoms with Crippen LogP contribution in [0.1, 0.15) is 6.92 Å². The number of rotatable bonds is 0. The quantitative estimate of drug-likeness (QED) is 0.544. The fraction of sp³-hybridized carbons (Fsp3) is 0.125. The third-order valence-electron chi connectivity index (χ3n) is 1.64. The Kier molecular flexibility index (Phi) is 1.23. The molecular weight excluding hydrogens is 218 g/mol. The molecule has 0 aromatic carbocycles. The Morgan fingerprint density at radius 2 is 2.33 bits per heavy atom. The second kappa shape index (κ2) is 1.95. The first-order chi connectivity index (χ1) is 4.38. The van der Waals surface area contributed by atoms with Crippen LogP contribution in [0.25, 0.3) is 0 Å². The molecule has 0 aromatic heterocycles. The molecule has 0 fully saturated rings. The molecule has 0 atom stereocenters. The summed E-state index contributed by atoms with van der Waals surface area (Å²) in [5.74, 6) is 0. The van der Waals surface area contributed by atoms with Crippen molar-refractivity contribution in [1.82, 2.24) is 0 Å². The van der Waals surface area contributed by atoms with Crippen LogP contribution >= 0.6 is 0 Å². The summed E-state index contributed by atoms with van der Waals surface area (Å²) in [6.07, 6.45) is 6.58. The van der Waals surface area contributed by atoms with Crippen LogP contribution in [0.4, 0.5) is 0 Å². The van der Waals surface area contributed by atoms with Crippen molar-refractivity contribution >= 4 is 25.1 Å². The van der Waals surface area contributed by atoms with Crippen molar-refractivity contribution in [3.8, 4) is 0 Å². The molecule has 1 aliphatic heterocycles. The molecule has 0 amide bonds. The summed E-state index contributed by atoms with van der Waals surface area (Å²) >= 11 is -0.0408. The van der Waals surface area contributed by atoms with Gasteiger partial charge in [0.25, 0.3) is 0 Å². The van der Waals surface area contributed by atoms with Crippen LogP contribution in [0, 0.1) is 0 Å². The van der Waals surface area contributed by atoms with E-state index in [9.17, 15) is 0 Å². The van der Waals surface area contributed by atoms with E-state index in [0.717, 1.165) is 0 Å².